The van der Waals surface area contributed by atoms with E-state index >= 15 is 0 Å². The smallest absolute Gasteiger partial charge is 0.135 e. The van der Waals surface area contributed by atoms with Gasteiger partial charge in [0, 0.05) is 33.5 Å². The van der Waals surface area contributed by atoms with Gasteiger partial charge in [0.15, 0.2) is 0 Å². The minimum atomic E-state index is -0.253. The van der Waals surface area contributed by atoms with Gasteiger partial charge in [-0.1, -0.05) is 23.7 Å². The van der Waals surface area contributed by atoms with Gasteiger partial charge in [0.2, 0.25) is 0 Å². The van der Waals surface area contributed by atoms with Crippen LogP contribution in [0.1, 0.15) is 40.2 Å². The van der Waals surface area contributed by atoms with Crippen molar-refractivity contribution in [3.63, 3.8) is 0 Å². The summed E-state index contributed by atoms with van der Waals surface area (Å²) in [5, 5.41) is 26.8. The fraction of sp³-hybridized carbons (Fsp3) is 0.190. The highest BCUT2D eigenvalue weighted by molar-refractivity contribution is 7.10. The molecule has 3 aromatic rings. The summed E-state index contributed by atoms with van der Waals surface area (Å²) in [5.74, 6) is 0.394. The van der Waals surface area contributed by atoms with E-state index < -0.39 is 0 Å². The molecule has 0 spiro atoms. The second-order valence-corrected chi connectivity index (χ2v) is 7.97. The first-order chi connectivity index (χ1) is 13.0. The third-order valence-corrected chi connectivity index (χ3v) is 6.08. The Morgan fingerprint density at radius 3 is 2.67 bits per heavy atom. The summed E-state index contributed by atoms with van der Waals surface area (Å²) >= 11 is 7.81. The van der Waals surface area contributed by atoms with Crippen LogP contribution in [0, 0.1) is 6.92 Å². The van der Waals surface area contributed by atoms with E-state index in [1.807, 2.05) is 17.5 Å². The van der Waals surface area contributed by atoms with Crippen LogP contribution in [0.3, 0.4) is 0 Å². The molecular formula is C21H19ClN2O2S. The molecule has 4 rings (SSSR count). The monoisotopic (exact) mass is 398 g/mol. The van der Waals surface area contributed by atoms with E-state index in [9.17, 15) is 10.2 Å². The Morgan fingerprint density at radius 1 is 1.11 bits per heavy atom. The quantitative estimate of drug-likeness (QED) is 0.557. The molecule has 6 heteroatoms. The third-order valence-electron chi connectivity index (χ3n) is 4.77. The number of aryl methyl sites for hydroxylation is 1. The maximum Gasteiger partial charge on any atom is 0.135 e. The molecule has 0 fully saturated rings. The van der Waals surface area contributed by atoms with Crippen LogP contribution in [-0.4, -0.2) is 15.9 Å². The van der Waals surface area contributed by atoms with Gasteiger partial charge in [-0.2, -0.15) is 0 Å². The number of nitrogens with one attached hydrogen (secondary N) is 1. The number of hydrogen-bond acceptors (Lipinski definition) is 5. The Bertz CT molecular complexity index is 1010. The second-order valence-electron chi connectivity index (χ2n) is 6.59. The lowest BCUT2D eigenvalue weighted by Crippen LogP contribution is -2.33. The second kappa shape index (κ2) is 7.35. The summed E-state index contributed by atoms with van der Waals surface area (Å²) in [4.78, 5) is 6.00. The molecular weight excluding hydrogens is 380 g/mol. The van der Waals surface area contributed by atoms with Crippen LogP contribution in [0.15, 0.2) is 58.9 Å². The van der Waals surface area contributed by atoms with Crippen molar-refractivity contribution >= 4 is 28.6 Å². The summed E-state index contributed by atoms with van der Waals surface area (Å²) in [5.41, 5.74) is 3.40. The fourth-order valence-corrected chi connectivity index (χ4v) is 4.49. The van der Waals surface area contributed by atoms with Gasteiger partial charge in [0.25, 0.3) is 0 Å². The minimum absolute atomic E-state index is 0.178. The van der Waals surface area contributed by atoms with E-state index in [4.69, 9.17) is 16.6 Å². The van der Waals surface area contributed by atoms with Crippen molar-refractivity contribution in [2.24, 2.45) is 4.99 Å². The van der Waals surface area contributed by atoms with Crippen LogP contribution in [0.25, 0.3) is 0 Å². The first-order valence-corrected chi connectivity index (χ1v) is 9.92. The van der Waals surface area contributed by atoms with Crippen LogP contribution in [0.5, 0.6) is 11.5 Å². The Labute approximate surface area is 166 Å². The highest BCUT2D eigenvalue weighted by atomic mass is 35.5. The van der Waals surface area contributed by atoms with Crippen LogP contribution < -0.4 is 5.32 Å². The molecule has 3 N–H and O–H groups in total. The zero-order valence-corrected chi connectivity index (χ0v) is 16.3. The number of rotatable bonds is 3. The average molecular weight is 399 g/mol. The molecule has 0 amide bonds. The van der Waals surface area contributed by atoms with Gasteiger partial charge in [-0.3, -0.25) is 10.3 Å². The van der Waals surface area contributed by atoms with Crippen LogP contribution in [0.4, 0.5) is 0 Å². The van der Waals surface area contributed by atoms with Gasteiger partial charge in [-0.15, -0.1) is 11.3 Å². The molecule has 138 valence electrons. The van der Waals surface area contributed by atoms with Crippen LogP contribution >= 0.6 is 22.9 Å². The lowest BCUT2D eigenvalue weighted by Gasteiger charge is -2.31. The van der Waals surface area contributed by atoms with E-state index in [1.54, 1.807) is 41.7 Å². The van der Waals surface area contributed by atoms with E-state index in [0.29, 0.717) is 17.0 Å². The molecule has 2 heterocycles. The van der Waals surface area contributed by atoms with Crippen LogP contribution in [-0.2, 0) is 0 Å². The number of thiophene rings is 1. The standard InChI is InChI=1S/C21H19ClN2O2S/c1-12-8-9-27-20(12)21-23-16(14-4-2-3-5-18(14)25)11-17(24-21)15-10-13(22)6-7-19(15)26/h2-10,17,21,24-26H,11H2,1H3/t17-,21+/m1/s1. The predicted molar refractivity (Wildman–Crippen MR) is 110 cm³/mol. The van der Waals surface area contributed by atoms with Crippen molar-refractivity contribution in [2.75, 3.05) is 0 Å². The molecule has 1 aromatic heterocycles. The van der Waals surface area contributed by atoms with E-state index in [2.05, 4.69) is 18.3 Å². The maximum atomic E-state index is 10.4. The Morgan fingerprint density at radius 2 is 1.93 bits per heavy atom. The fourth-order valence-electron chi connectivity index (χ4n) is 3.39. The predicted octanol–water partition coefficient (Wildman–Crippen LogP) is 5.34. The van der Waals surface area contributed by atoms with Crippen LogP contribution in [0.2, 0.25) is 5.02 Å². The first kappa shape index (κ1) is 18.0. The van der Waals surface area contributed by atoms with Gasteiger partial charge >= 0.3 is 0 Å². The summed E-state index contributed by atoms with van der Waals surface area (Å²) in [6, 6.07) is 14.2. The molecule has 0 aliphatic carbocycles. The van der Waals surface area contributed by atoms with Gasteiger partial charge < -0.3 is 10.2 Å². The molecule has 0 radical (unpaired) electrons. The number of hydrogen-bond donors (Lipinski definition) is 3. The normalized spacial score (nSPS) is 19.7. The summed E-state index contributed by atoms with van der Waals surface area (Å²) < 4.78 is 0. The number of benzene rings is 2. The van der Waals surface area contributed by atoms with Gasteiger partial charge in [0.1, 0.15) is 17.7 Å². The molecule has 4 nitrogen and oxygen atoms in total. The largest absolute Gasteiger partial charge is 0.508 e. The molecule has 1 aliphatic rings. The number of aliphatic imine (C=N–C) groups is 1. The number of halogens is 1. The van der Waals surface area contributed by atoms with Gasteiger partial charge in [0.05, 0.1) is 5.71 Å². The Balaban J connectivity index is 1.80. The molecule has 0 saturated carbocycles. The van der Waals surface area contributed by atoms with Crippen molar-refractivity contribution < 1.29 is 10.2 Å². The Kier molecular flexibility index (Phi) is 4.91. The molecule has 2 aromatic carbocycles. The molecule has 0 bridgehead atoms. The highest BCUT2D eigenvalue weighted by Crippen LogP contribution is 2.38. The first-order valence-electron chi connectivity index (χ1n) is 8.66. The van der Waals surface area contributed by atoms with E-state index in [1.165, 1.54) is 0 Å². The average Bonchev–Trinajstić information content (AvgIpc) is 3.10. The Hall–Kier alpha value is -2.34. The lowest BCUT2D eigenvalue weighted by atomic mass is 9.93. The maximum absolute atomic E-state index is 10.4. The topological polar surface area (TPSA) is 64.9 Å². The highest BCUT2D eigenvalue weighted by Gasteiger charge is 2.29. The summed E-state index contributed by atoms with van der Waals surface area (Å²) in [7, 11) is 0. The summed E-state index contributed by atoms with van der Waals surface area (Å²) in [6.07, 6.45) is 0.281. The van der Waals surface area contributed by atoms with E-state index in [0.717, 1.165) is 21.7 Å². The zero-order valence-electron chi connectivity index (χ0n) is 14.7. The number of aromatic hydroxyl groups is 2. The van der Waals surface area contributed by atoms with Crippen molar-refractivity contribution in [3.05, 3.63) is 80.5 Å². The van der Waals surface area contributed by atoms with Crippen molar-refractivity contribution in [3.8, 4) is 11.5 Å². The van der Waals surface area contributed by atoms with Gasteiger partial charge in [-0.05, 0) is 54.3 Å². The van der Waals surface area contributed by atoms with Crippen molar-refractivity contribution in [1.29, 1.82) is 0 Å². The van der Waals surface area contributed by atoms with Crippen molar-refractivity contribution in [2.45, 2.75) is 25.6 Å². The zero-order chi connectivity index (χ0) is 19.0. The SMILES string of the molecule is Cc1ccsc1[C@H]1N=C(c2ccccc2O)C[C@H](c2cc(Cl)ccc2O)N1. The number of phenolic OH excluding ortho intramolecular Hbond substituents is 2. The molecule has 0 saturated heterocycles. The van der Waals surface area contributed by atoms with Gasteiger partial charge in [-0.25, -0.2) is 0 Å². The number of nitrogens with zero attached hydrogens (tertiary/aromatic N) is 1. The molecule has 1 aliphatic heterocycles. The van der Waals surface area contributed by atoms with E-state index in [-0.39, 0.29) is 23.7 Å². The number of para-hydroxylation sites is 1. The summed E-state index contributed by atoms with van der Waals surface area (Å²) in [6.45, 7) is 2.06. The minimum Gasteiger partial charge on any atom is -0.508 e. The lowest BCUT2D eigenvalue weighted by molar-refractivity contribution is 0.414. The van der Waals surface area contributed by atoms with Crippen molar-refractivity contribution in [1.82, 2.24) is 5.32 Å². The number of phenols is 2. The molecule has 2 atom stereocenters. The molecule has 0 unspecified atom stereocenters. The molecule has 27 heavy (non-hydrogen) atoms. The third kappa shape index (κ3) is 3.58.